The van der Waals surface area contributed by atoms with Crippen LogP contribution in [0.1, 0.15) is 28.2 Å². The number of thiophene rings is 1. The predicted octanol–water partition coefficient (Wildman–Crippen LogP) is 2.53. The quantitative estimate of drug-likeness (QED) is 0.934. The summed E-state index contributed by atoms with van der Waals surface area (Å²) in [6.45, 7) is 3.49. The Morgan fingerprint density at radius 1 is 1.36 bits per heavy atom. The van der Waals surface area contributed by atoms with Gasteiger partial charge in [-0.1, -0.05) is 6.07 Å². The summed E-state index contributed by atoms with van der Waals surface area (Å²) >= 11 is 2.97. The Hall–Kier alpha value is -1.73. The molecule has 0 saturated carbocycles. The Labute approximate surface area is 137 Å². The average Bonchev–Trinajstić information content (AvgIpc) is 3.23. The minimum absolute atomic E-state index is 0.00787. The van der Waals surface area contributed by atoms with Crippen molar-refractivity contribution in [2.24, 2.45) is 0 Å². The van der Waals surface area contributed by atoms with Gasteiger partial charge in [-0.25, -0.2) is 4.98 Å². The summed E-state index contributed by atoms with van der Waals surface area (Å²) in [6, 6.07) is 3.95. The van der Waals surface area contributed by atoms with Gasteiger partial charge in [-0.05, 0) is 31.2 Å². The Morgan fingerprint density at radius 2 is 2.14 bits per heavy atom. The van der Waals surface area contributed by atoms with Gasteiger partial charge in [0.25, 0.3) is 5.91 Å². The molecule has 0 spiro atoms. The molecule has 1 aliphatic heterocycles. The molecule has 22 heavy (non-hydrogen) atoms. The summed E-state index contributed by atoms with van der Waals surface area (Å²) in [5.74, 6) is -0.225. The smallest absolute Gasteiger partial charge is 0.263 e. The Balaban J connectivity index is 1.63. The molecular formula is C15H17N3O2S2. The minimum atomic E-state index is -0.217. The summed E-state index contributed by atoms with van der Waals surface area (Å²) in [4.78, 5) is 32.1. The van der Waals surface area contributed by atoms with Gasteiger partial charge >= 0.3 is 0 Å². The topological polar surface area (TPSA) is 62.3 Å². The molecule has 5 nitrogen and oxygen atoms in total. The van der Waals surface area contributed by atoms with Gasteiger partial charge < -0.3 is 10.2 Å². The number of aryl methyl sites for hydroxylation is 1. The van der Waals surface area contributed by atoms with Gasteiger partial charge in [0.05, 0.1) is 17.1 Å². The molecule has 7 heteroatoms. The lowest BCUT2D eigenvalue weighted by Crippen LogP contribution is -2.38. The van der Waals surface area contributed by atoms with Crippen molar-refractivity contribution in [3.05, 3.63) is 28.1 Å². The van der Waals surface area contributed by atoms with Crippen molar-refractivity contribution >= 4 is 34.5 Å². The van der Waals surface area contributed by atoms with E-state index in [0.29, 0.717) is 10.6 Å². The maximum Gasteiger partial charge on any atom is 0.263 e. The molecule has 3 rings (SSSR count). The van der Waals surface area contributed by atoms with Crippen LogP contribution in [0.2, 0.25) is 0 Å². The number of carbonyl (C=O) groups is 2. The highest BCUT2D eigenvalue weighted by molar-refractivity contribution is 7.22. The van der Waals surface area contributed by atoms with Crippen LogP contribution >= 0.6 is 22.7 Å². The fourth-order valence-electron chi connectivity index (χ4n) is 2.43. The number of hydrogen-bond donors (Lipinski definition) is 1. The van der Waals surface area contributed by atoms with Crippen molar-refractivity contribution in [3.8, 4) is 9.88 Å². The van der Waals surface area contributed by atoms with Crippen LogP contribution in [-0.4, -0.2) is 41.3 Å². The van der Waals surface area contributed by atoms with Crippen LogP contribution in [0, 0.1) is 6.92 Å². The molecule has 1 fully saturated rings. The lowest BCUT2D eigenvalue weighted by Gasteiger charge is -2.15. The zero-order valence-electron chi connectivity index (χ0n) is 12.3. The molecule has 1 N–H and O–H groups in total. The van der Waals surface area contributed by atoms with E-state index in [9.17, 15) is 9.59 Å². The predicted molar refractivity (Wildman–Crippen MR) is 88.3 cm³/mol. The number of aromatic nitrogens is 1. The molecule has 0 atom stereocenters. The molecule has 3 heterocycles. The van der Waals surface area contributed by atoms with Gasteiger partial charge in [0.15, 0.2) is 0 Å². The van der Waals surface area contributed by atoms with E-state index in [1.807, 2.05) is 24.4 Å². The second-order valence-electron chi connectivity index (χ2n) is 5.18. The Morgan fingerprint density at radius 3 is 2.82 bits per heavy atom. The summed E-state index contributed by atoms with van der Waals surface area (Å²) in [6.07, 6.45) is 2.11. The van der Waals surface area contributed by atoms with Crippen LogP contribution in [0.3, 0.4) is 0 Å². The molecule has 2 aromatic heterocycles. The standard InChI is InChI=1S/C15H17N3O2S2/c1-10-13(22-15(17-10)11-5-4-8-21-11)14(20)16-9-12(19)18-6-2-3-7-18/h4-5,8H,2-3,6-7,9H2,1H3,(H,16,20). The Bertz CT molecular complexity index is 673. The van der Waals surface area contributed by atoms with E-state index >= 15 is 0 Å². The van der Waals surface area contributed by atoms with Crippen molar-refractivity contribution < 1.29 is 9.59 Å². The molecule has 0 aromatic carbocycles. The first-order chi connectivity index (χ1) is 10.6. The maximum absolute atomic E-state index is 12.3. The third-order valence-electron chi connectivity index (χ3n) is 3.59. The fraction of sp³-hybridized carbons (Fsp3) is 0.400. The van der Waals surface area contributed by atoms with Crippen molar-refractivity contribution in [2.45, 2.75) is 19.8 Å². The van der Waals surface area contributed by atoms with E-state index in [1.54, 1.807) is 16.2 Å². The number of amides is 2. The summed E-state index contributed by atoms with van der Waals surface area (Å²) in [7, 11) is 0. The van der Waals surface area contributed by atoms with Gasteiger partial charge in [-0.3, -0.25) is 9.59 Å². The number of thiazole rings is 1. The number of nitrogens with one attached hydrogen (secondary N) is 1. The molecule has 2 amide bonds. The SMILES string of the molecule is Cc1nc(-c2cccs2)sc1C(=O)NCC(=O)N1CCCC1. The minimum Gasteiger partial charge on any atom is -0.342 e. The van der Waals surface area contributed by atoms with E-state index < -0.39 is 0 Å². The Kier molecular flexibility index (Phi) is 4.54. The fourth-order valence-corrected chi connectivity index (χ4v) is 4.21. The molecule has 0 unspecified atom stereocenters. The second kappa shape index (κ2) is 6.58. The molecule has 116 valence electrons. The van der Waals surface area contributed by atoms with E-state index in [-0.39, 0.29) is 18.4 Å². The highest BCUT2D eigenvalue weighted by atomic mass is 32.1. The largest absolute Gasteiger partial charge is 0.342 e. The molecule has 1 aliphatic rings. The highest BCUT2D eigenvalue weighted by Gasteiger charge is 2.20. The molecule has 0 radical (unpaired) electrons. The van der Waals surface area contributed by atoms with E-state index in [1.165, 1.54) is 11.3 Å². The van der Waals surface area contributed by atoms with E-state index in [0.717, 1.165) is 35.8 Å². The normalized spacial score (nSPS) is 14.3. The summed E-state index contributed by atoms with van der Waals surface area (Å²) < 4.78 is 0. The van der Waals surface area contributed by atoms with E-state index in [4.69, 9.17) is 0 Å². The van der Waals surface area contributed by atoms with Crippen LogP contribution in [0.15, 0.2) is 17.5 Å². The number of likely N-dealkylation sites (tertiary alicyclic amines) is 1. The van der Waals surface area contributed by atoms with Gasteiger partial charge in [0, 0.05) is 13.1 Å². The van der Waals surface area contributed by atoms with Crippen LogP contribution < -0.4 is 5.32 Å². The van der Waals surface area contributed by atoms with Crippen molar-refractivity contribution in [3.63, 3.8) is 0 Å². The first kappa shape index (κ1) is 15.2. The molecule has 2 aromatic rings. The van der Waals surface area contributed by atoms with Crippen LogP contribution in [0.4, 0.5) is 0 Å². The number of hydrogen-bond acceptors (Lipinski definition) is 5. The van der Waals surface area contributed by atoms with E-state index in [2.05, 4.69) is 10.3 Å². The molecule has 0 aliphatic carbocycles. The summed E-state index contributed by atoms with van der Waals surface area (Å²) in [5.41, 5.74) is 0.708. The van der Waals surface area contributed by atoms with Gasteiger partial charge in [0.2, 0.25) is 5.91 Å². The van der Waals surface area contributed by atoms with Gasteiger partial charge in [-0.2, -0.15) is 0 Å². The molecular weight excluding hydrogens is 318 g/mol. The van der Waals surface area contributed by atoms with Gasteiger partial charge in [0.1, 0.15) is 9.88 Å². The van der Waals surface area contributed by atoms with Gasteiger partial charge in [-0.15, -0.1) is 22.7 Å². The number of nitrogens with zero attached hydrogens (tertiary/aromatic N) is 2. The summed E-state index contributed by atoms with van der Waals surface area (Å²) in [5, 5.41) is 5.56. The molecule has 0 bridgehead atoms. The maximum atomic E-state index is 12.3. The second-order valence-corrected chi connectivity index (χ2v) is 7.13. The lowest BCUT2D eigenvalue weighted by atomic mass is 10.3. The zero-order chi connectivity index (χ0) is 15.5. The first-order valence-electron chi connectivity index (χ1n) is 7.22. The van der Waals surface area contributed by atoms with Crippen LogP contribution in [0.5, 0.6) is 0 Å². The number of carbonyl (C=O) groups excluding carboxylic acids is 2. The van der Waals surface area contributed by atoms with Crippen molar-refractivity contribution in [1.29, 1.82) is 0 Å². The van der Waals surface area contributed by atoms with Crippen molar-refractivity contribution in [1.82, 2.24) is 15.2 Å². The lowest BCUT2D eigenvalue weighted by molar-refractivity contribution is -0.129. The third-order valence-corrected chi connectivity index (χ3v) is 5.79. The monoisotopic (exact) mass is 335 g/mol. The highest BCUT2D eigenvalue weighted by Crippen LogP contribution is 2.30. The first-order valence-corrected chi connectivity index (χ1v) is 8.92. The van der Waals surface area contributed by atoms with Crippen LogP contribution in [-0.2, 0) is 4.79 Å². The zero-order valence-corrected chi connectivity index (χ0v) is 13.9. The molecule has 1 saturated heterocycles. The van der Waals surface area contributed by atoms with Crippen molar-refractivity contribution in [2.75, 3.05) is 19.6 Å². The third kappa shape index (κ3) is 3.20. The average molecular weight is 335 g/mol. The van der Waals surface area contributed by atoms with Crippen LogP contribution in [0.25, 0.3) is 9.88 Å². The number of rotatable bonds is 4.